The molecule has 1 aliphatic rings. The third-order valence-corrected chi connectivity index (χ3v) is 6.54. The van der Waals surface area contributed by atoms with Gasteiger partial charge in [0.15, 0.2) is 0 Å². The molecule has 2 aromatic rings. The number of hydrogen-bond acceptors (Lipinski definition) is 3. The molecule has 0 spiro atoms. The molecule has 23 heavy (non-hydrogen) atoms. The van der Waals surface area contributed by atoms with E-state index in [2.05, 4.69) is 5.10 Å². The molecule has 5 nitrogen and oxygen atoms in total. The predicted molar refractivity (Wildman–Crippen MR) is 90.3 cm³/mol. The minimum Gasteiger partial charge on any atom is -0.236 e. The Morgan fingerprint density at radius 2 is 1.57 bits per heavy atom. The second-order valence-corrected chi connectivity index (χ2v) is 7.94. The van der Waals surface area contributed by atoms with Crippen molar-refractivity contribution in [1.29, 1.82) is 0 Å². The summed E-state index contributed by atoms with van der Waals surface area (Å²) in [5.74, 6) is 0. The molecule has 2 heterocycles. The standard InChI is InChI=1S/C17H23N3O2S/c1-14-17(23(21,22)19-12-8-3-4-9-13-19)15(2)20(18-14)16-10-6-5-7-11-16/h5-7,10-11H,3-4,8-9,12-13H2,1-2H3. The summed E-state index contributed by atoms with van der Waals surface area (Å²) in [5.41, 5.74) is 2.12. The van der Waals surface area contributed by atoms with Crippen molar-refractivity contribution >= 4 is 10.0 Å². The molecule has 0 aliphatic carbocycles. The summed E-state index contributed by atoms with van der Waals surface area (Å²) in [6, 6.07) is 9.65. The Kier molecular flexibility index (Phi) is 4.55. The van der Waals surface area contributed by atoms with E-state index in [1.54, 1.807) is 15.9 Å². The van der Waals surface area contributed by atoms with Gasteiger partial charge in [0, 0.05) is 13.1 Å². The fraction of sp³-hybridized carbons (Fsp3) is 0.471. The van der Waals surface area contributed by atoms with Crippen LogP contribution in [0.4, 0.5) is 0 Å². The van der Waals surface area contributed by atoms with Crippen LogP contribution in [0.15, 0.2) is 35.2 Å². The molecule has 1 aromatic heterocycles. The van der Waals surface area contributed by atoms with Gasteiger partial charge in [0.25, 0.3) is 0 Å². The molecule has 1 saturated heterocycles. The molecule has 3 rings (SSSR count). The quantitative estimate of drug-likeness (QED) is 0.867. The zero-order valence-corrected chi connectivity index (χ0v) is 14.5. The fourth-order valence-corrected chi connectivity index (χ4v) is 5.10. The number of aromatic nitrogens is 2. The number of hydrogen-bond donors (Lipinski definition) is 0. The first kappa shape index (κ1) is 16.2. The minimum atomic E-state index is -3.48. The van der Waals surface area contributed by atoms with Crippen LogP contribution >= 0.6 is 0 Å². The van der Waals surface area contributed by atoms with E-state index in [4.69, 9.17) is 0 Å². The SMILES string of the molecule is Cc1nn(-c2ccccc2)c(C)c1S(=O)(=O)N1CCCCCC1. The van der Waals surface area contributed by atoms with Gasteiger partial charge in [0.2, 0.25) is 10.0 Å². The summed E-state index contributed by atoms with van der Waals surface area (Å²) in [4.78, 5) is 0.364. The van der Waals surface area contributed by atoms with Crippen molar-refractivity contribution in [3.05, 3.63) is 41.7 Å². The van der Waals surface area contributed by atoms with Gasteiger partial charge >= 0.3 is 0 Å². The highest BCUT2D eigenvalue weighted by Gasteiger charge is 2.31. The highest BCUT2D eigenvalue weighted by atomic mass is 32.2. The molecule has 124 valence electrons. The largest absolute Gasteiger partial charge is 0.246 e. The lowest BCUT2D eigenvalue weighted by Gasteiger charge is -2.20. The Hall–Kier alpha value is -1.66. The molecule has 0 unspecified atom stereocenters. The third-order valence-electron chi connectivity index (χ3n) is 4.39. The molecule has 0 amide bonds. The molecular formula is C17H23N3O2S. The molecule has 0 atom stereocenters. The lowest BCUT2D eigenvalue weighted by atomic mass is 10.2. The van der Waals surface area contributed by atoms with Gasteiger partial charge in [-0.3, -0.25) is 0 Å². The number of para-hydroxylation sites is 1. The van der Waals surface area contributed by atoms with Crippen LogP contribution in [0.2, 0.25) is 0 Å². The molecule has 6 heteroatoms. The summed E-state index contributed by atoms with van der Waals surface area (Å²) in [6.45, 7) is 4.82. The van der Waals surface area contributed by atoms with Crippen molar-refractivity contribution in [2.24, 2.45) is 0 Å². The van der Waals surface area contributed by atoms with Crippen molar-refractivity contribution in [2.75, 3.05) is 13.1 Å². The smallest absolute Gasteiger partial charge is 0.236 e. The lowest BCUT2D eigenvalue weighted by molar-refractivity contribution is 0.423. The highest BCUT2D eigenvalue weighted by Crippen LogP contribution is 2.27. The van der Waals surface area contributed by atoms with E-state index in [0.717, 1.165) is 31.4 Å². The zero-order valence-electron chi connectivity index (χ0n) is 13.7. The van der Waals surface area contributed by atoms with Gasteiger partial charge in [-0.2, -0.15) is 9.40 Å². The molecule has 0 radical (unpaired) electrons. The van der Waals surface area contributed by atoms with Crippen molar-refractivity contribution in [1.82, 2.24) is 14.1 Å². The molecule has 1 fully saturated rings. The number of aryl methyl sites for hydroxylation is 1. The third kappa shape index (κ3) is 3.05. The molecular weight excluding hydrogens is 310 g/mol. The van der Waals surface area contributed by atoms with Gasteiger partial charge in [-0.25, -0.2) is 13.1 Å². The van der Waals surface area contributed by atoms with Crippen LogP contribution < -0.4 is 0 Å². The lowest BCUT2D eigenvalue weighted by Crippen LogP contribution is -2.32. The second kappa shape index (κ2) is 6.45. The fourth-order valence-electron chi connectivity index (χ4n) is 3.23. The maximum Gasteiger partial charge on any atom is 0.246 e. The number of benzene rings is 1. The minimum absolute atomic E-state index is 0.364. The monoisotopic (exact) mass is 333 g/mol. The number of sulfonamides is 1. The summed E-state index contributed by atoms with van der Waals surface area (Å²) in [7, 11) is -3.48. The first-order valence-electron chi connectivity index (χ1n) is 8.13. The van der Waals surface area contributed by atoms with Crippen LogP contribution in [-0.4, -0.2) is 35.6 Å². The average molecular weight is 333 g/mol. The zero-order chi connectivity index (χ0) is 16.4. The average Bonchev–Trinajstić information content (AvgIpc) is 2.73. The van der Waals surface area contributed by atoms with Gasteiger partial charge in [0.1, 0.15) is 4.90 Å². The number of rotatable bonds is 3. The molecule has 1 aliphatic heterocycles. The molecule has 0 bridgehead atoms. The summed E-state index contributed by atoms with van der Waals surface area (Å²) < 4.78 is 29.6. The first-order chi connectivity index (χ1) is 11.0. The number of nitrogens with zero attached hydrogens (tertiary/aromatic N) is 3. The summed E-state index contributed by atoms with van der Waals surface area (Å²) >= 11 is 0. The van der Waals surface area contributed by atoms with Gasteiger partial charge < -0.3 is 0 Å². The van der Waals surface area contributed by atoms with Crippen LogP contribution in [0.5, 0.6) is 0 Å². The van der Waals surface area contributed by atoms with E-state index >= 15 is 0 Å². The topological polar surface area (TPSA) is 55.2 Å². The van der Waals surface area contributed by atoms with E-state index in [1.165, 1.54) is 0 Å². The van der Waals surface area contributed by atoms with E-state index in [1.807, 2.05) is 37.3 Å². The highest BCUT2D eigenvalue weighted by molar-refractivity contribution is 7.89. The second-order valence-electron chi connectivity index (χ2n) is 6.07. The van der Waals surface area contributed by atoms with Crippen LogP contribution in [0.25, 0.3) is 5.69 Å². The summed E-state index contributed by atoms with van der Waals surface area (Å²) in [5, 5.41) is 4.48. The Morgan fingerprint density at radius 1 is 0.957 bits per heavy atom. The maximum absolute atomic E-state index is 13.1. The van der Waals surface area contributed by atoms with Crippen LogP contribution in [0, 0.1) is 13.8 Å². The van der Waals surface area contributed by atoms with E-state index in [-0.39, 0.29) is 0 Å². The Balaban J connectivity index is 2.04. The van der Waals surface area contributed by atoms with Crippen molar-refractivity contribution in [3.63, 3.8) is 0 Å². The van der Waals surface area contributed by atoms with Gasteiger partial charge in [-0.1, -0.05) is 31.0 Å². The molecule has 1 aromatic carbocycles. The normalized spacial score (nSPS) is 17.1. The van der Waals surface area contributed by atoms with E-state index < -0.39 is 10.0 Å². The molecule has 0 N–H and O–H groups in total. The van der Waals surface area contributed by atoms with Gasteiger partial charge in [-0.15, -0.1) is 0 Å². The van der Waals surface area contributed by atoms with Crippen molar-refractivity contribution < 1.29 is 8.42 Å². The Bertz CT molecular complexity index is 774. The van der Waals surface area contributed by atoms with Crippen LogP contribution in [0.3, 0.4) is 0 Å². The van der Waals surface area contributed by atoms with Gasteiger partial charge in [-0.05, 0) is 38.8 Å². The summed E-state index contributed by atoms with van der Waals surface area (Å²) in [6.07, 6.45) is 4.08. The maximum atomic E-state index is 13.1. The Labute approximate surface area is 138 Å². The van der Waals surface area contributed by atoms with E-state index in [9.17, 15) is 8.42 Å². The molecule has 0 saturated carbocycles. The van der Waals surface area contributed by atoms with Crippen LogP contribution in [0.1, 0.15) is 37.1 Å². The van der Waals surface area contributed by atoms with Crippen LogP contribution in [-0.2, 0) is 10.0 Å². The van der Waals surface area contributed by atoms with Crippen molar-refractivity contribution in [3.8, 4) is 5.69 Å². The Morgan fingerprint density at radius 3 is 2.17 bits per heavy atom. The van der Waals surface area contributed by atoms with Gasteiger partial charge in [0.05, 0.1) is 17.1 Å². The van der Waals surface area contributed by atoms with Crippen molar-refractivity contribution in [2.45, 2.75) is 44.4 Å². The van der Waals surface area contributed by atoms with E-state index in [0.29, 0.717) is 29.4 Å². The predicted octanol–water partition coefficient (Wildman–Crippen LogP) is 3.05. The first-order valence-corrected chi connectivity index (χ1v) is 9.57.